The summed E-state index contributed by atoms with van der Waals surface area (Å²) in [5.74, 6) is -0.439. The first-order valence-electron chi connectivity index (χ1n) is 5.98. The minimum Gasteiger partial charge on any atom is -0.507 e. The number of phenolic OH excluding ortho intramolecular Hbond substituents is 1. The molecule has 0 radical (unpaired) electrons. The molecule has 5 heteroatoms. The van der Waals surface area contributed by atoms with Crippen LogP contribution in [0, 0.1) is 0 Å². The molecular formula is C14H16N2O3. The molecule has 2 rings (SSSR count). The monoisotopic (exact) mass is 260 g/mol. The van der Waals surface area contributed by atoms with Crippen molar-refractivity contribution in [1.82, 2.24) is 9.78 Å². The molecule has 0 saturated heterocycles. The van der Waals surface area contributed by atoms with Crippen LogP contribution in [0.3, 0.4) is 0 Å². The number of methoxy groups -OCH3 is 1. The number of esters is 1. The summed E-state index contributed by atoms with van der Waals surface area (Å²) in [6.45, 7) is 4.05. The van der Waals surface area contributed by atoms with Crippen LogP contribution >= 0.6 is 0 Å². The Kier molecular flexibility index (Phi) is 3.55. The largest absolute Gasteiger partial charge is 0.507 e. The van der Waals surface area contributed by atoms with Crippen LogP contribution in [0.25, 0.3) is 11.1 Å². The fourth-order valence-electron chi connectivity index (χ4n) is 1.78. The topological polar surface area (TPSA) is 64.3 Å². The zero-order valence-electron chi connectivity index (χ0n) is 11.1. The predicted octanol–water partition coefficient (Wildman–Crippen LogP) is 2.62. The maximum atomic E-state index is 11.4. The third kappa shape index (κ3) is 2.59. The summed E-state index contributed by atoms with van der Waals surface area (Å²) >= 11 is 0. The summed E-state index contributed by atoms with van der Waals surface area (Å²) < 4.78 is 6.41. The molecule has 0 unspecified atom stereocenters. The molecule has 0 saturated carbocycles. The Morgan fingerprint density at radius 3 is 2.68 bits per heavy atom. The zero-order valence-corrected chi connectivity index (χ0v) is 11.1. The van der Waals surface area contributed by atoms with E-state index in [1.54, 1.807) is 18.3 Å². The second-order valence-electron chi connectivity index (χ2n) is 4.53. The summed E-state index contributed by atoms with van der Waals surface area (Å²) in [6.07, 6.45) is 3.55. The summed E-state index contributed by atoms with van der Waals surface area (Å²) in [6, 6.07) is 4.95. The van der Waals surface area contributed by atoms with Gasteiger partial charge >= 0.3 is 5.97 Å². The molecule has 19 heavy (non-hydrogen) atoms. The van der Waals surface area contributed by atoms with Gasteiger partial charge in [0.15, 0.2) is 0 Å². The molecule has 0 fully saturated rings. The van der Waals surface area contributed by atoms with Crippen molar-refractivity contribution in [3.8, 4) is 16.9 Å². The maximum absolute atomic E-state index is 11.4. The van der Waals surface area contributed by atoms with E-state index >= 15 is 0 Å². The third-order valence-corrected chi connectivity index (χ3v) is 2.86. The van der Waals surface area contributed by atoms with Gasteiger partial charge in [0.1, 0.15) is 5.75 Å². The van der Waals surface area contributed by atoms with Crippen LogP contribution in [0.1, 0.15) is 30.2 Å². The highest BCUT2D eigenvalue weighted by molar-refractivity contribution is 5.91. The van der Waals surface area contributed by atoms with Gasteiger partial charge in [-0.15, -0.1) is 0 Å². The molecular weight excluding hydrogens is 244 g/mol. The van der Waals surface area contributed by atoms with E-state index in [1.807, 2.05) is 24.7 Å². The molecule has 0 aliphatic carbocycles. The Labute approximate surface area is 111 Å². The second kappa shape index (κ2) is 5.14. The van der Waals surface area contributed by atoms with Crippen molar-refractivity contribution in [2.45, 2.75) is 19.9 Å². The number of rotatable bonds is 3. The van der Waals surface area contributed by atoms with Crippen LogP contribution in [0.5, 0.6) is 5.75 Å². The standard InChI is InChI=1S/C14H16N2O3/c1-9(2)16-8-11(7-15-16)12-5-4-10(6-13(12)17)14(18)19-3/h4-9,17H,1-3H3. The highest BCUT2D eigenvalue weighted by atomic mass is 16.5. The van der Waals surface area contributed by atoms with Gasteiger partial charge in [-0.05, 0) is 32.0 Å². The molecule has 1 aromatic carbocycles. The first-order valence-corrected chi connectivity index (χ1v) is 5.98. The zero-order chi connectivity index (χ0) is 14.0. The molecule has 1 heterocycles. The van der Waals surface area contributed by atoms with Crippen molar-refractivity contribution in [1.29, 1.82) is 0 Å². The second-order valence-corrected chi connectivity index (χ2v) is 4.53. The van der Waals surface area contributed by atoms with Gasteiger partial charge in [0, 0.05) is 23.4 Å². The Morgan fingerprint density at radius 1 is 1.42 bits per heavy atom. The summed E-state index contributed by atoms with van der Waals surface area (Å²) in [5, 5.41) is 14.2. The van der Waals surface area contributed by atoms with E-state index in [4.69, 9.17) is 0 Å². The van der Waals surface area contributed by atoms with Crippen LogP contribution < -0.4 is 0 Å². The van der Waals surface area contributed by atoms with Crippen molar-refractivity contribution < 1.29 is 14.6 Å². The molecule has 1 aromatic heterocycles. The molecule has 0 spiro atoms. The van der Waals surface area contributed by atoms with Gasteiger partial charge in [-0.1, -0.05) is 0 Å². The van der Waals surface area contributed by atoms with E-state index in [9.17, 15) is 9.90 Å². The van der Waals surface area contributed by atoms with Gasteiger partial charge in [-0.3, -0.25) is 4.68 Å². The minimum atomic E-state index is -0.472. The highest BCUT2D eigenvalue weighted by Crippen LogP contribution is 2.30. The van der Waals surface area contributed by atoms with Crippen molar-refractivity contribution in [3.05, 3.63) is 36.2 Å². The lowest BCUT2D eigenvalue weighted by atomic mass is 10.1. The first-order chi connectivity index (χ1) is 9.02. The number of nitrogens with zero attached hydrogens (tertiary/aromatic N) is 2. The number of phenols is 1. The number of hydrogen-bond acceptors (Lipinski definition) is 4. The molecule has 0 aliphatic rings. The van der Waals surface area contributed by atoms with Gasteiger partial charge < -0.3 is 9.84 Å². The number of aromatic nitrogens is 2. The van der Waals surface area contributed by atoms with Crippen molar-refractivity contribution in [3.63, 3.8) is 0 Å². The molecule has 0 atom stereocenters. The SMILES string of the molecule is COC(=O)c1ccc(-c2cnn(C(C)C)c2)c(O)c1. The predicted molar refractivity (Wildman–Crippen MR) is 71.1 cm³/mol. The van der Waals surface area contributed by atoms with Crippen molar-refractivity contribution in [2.75, 3.05) is 7.11 Å². The quantitative estimate of drug-likeness (QED) is 0.861. The fourth-order valence-corrected chi connectivity index (χ4v) is 1.78. The van der Waals surface area contributed by atoms with Gasteiger partial charge in [0.2, 0.25) is 0 Å². The van der Waals surface area contributed by atoms with Gasteiger partial charge in [0.25, 0.3) is 0 Å². The molecule has 0 bridgehead atoms. The molecule has 0 amide bonds. The Hall–Kier alpha value is -2.30. The molecule has 1 N–H and O–H groups in total. The molecule has 2 aromatic rings. The lowest BCUT2D eigenvalue weighted by molar-refractivity contribution is 0.0600. The highest BCUT2D eigenvalue weighted by Gasteiger charge is 2.12. The van der Waals surface area contributed by atoms with Crippen molar-refractivity contribution in [2.24, 2.45) is 0 Å². The number of benzene rings is 1. The third-order valence-electron chi connectivity index (χ3n) is 2.86. The number of hydrogen-bond donors (Lipinski definition) is 1. The van der Waals surface area contributed by atoms with E-state index in [-0.39, 0.29) is 11.8 Å². The lowest BCUT2D eigenvalue weighted by Gasteiger charge is -2.05. The number of carbonyl (C=O) groups is 1. The van der Waals surface area contributed by atoms with Gasteiger partial charge in [0.05, 0.1) is 18.9 Å². The normalized spacial score (nSPS) is 10.7. The van der Waals surface area contributed by atoms with E-state index in [0.717, 1.165) is 5.56 Å². The number of carbonyl (C=O) groups excluding carboxylic acids is 1. The lowest BCUT2D eigenvalue weighted by Crippen LogP contribution is -2.00. The van der Waals surface area contributed by atoms with Gasteiger partial charge in [-0.2, -0.15) is 5.10 Å². The van der Waals surface area contributed by atoms with E-state index in [1.165, 1.54) is 13.2 Å². The maximum Gasteiger partial charge on any atom is 0.337 e. The fraction of sp³-hybridized carbons (Fsp3) is 0.286. The van der Waals surface area contributed by atoms with Crippen LogP contribution in [-0.2, 0) is 4.74 Å². The average Bonchev–Trinajstić information content (AvgIpc) is 2.87. The molecule has 100 valence electrons. The Morgan fingerprint density at radius 2 is 2.16 bits per heavy atom. The summed E-state index contributed by atoms with van der Waals surface area (Å²) in [4.78, 5) is 11.4. The Balaban J connectivity index is 2.37. The number of ether oxygens (including phenoxy) is 1. The van der Waals surface area contributed by atoms with Crippen molar-refractivity contribution >= 4 is 5.97 Å². The molecule has 0 aliphatic heterocycles. The van der Waals surface area contributed by atoms with E-state index in [2.05, 4.69) is 9.84 Å². The minimum absolute atomic E-state index is 0.0335. The Bertz CT molecular complexity index is 602. The summed E-state index contributed by atoms with van der Waals surface area (Å²) in [7, 11) is 1.31. The van der Waals surface area contributed by atoms with Crippen LogP contribution in [0.2, 0.25) is 0 Å². The van der Waals surface area contributed by atoms with E-state index in [0.29, 0.717) is 11.1 Å². The molecule has 5 nitrogen and oxygen atoms in total. The van der Waals surface area contributed by atoms with Crippen LogP contribution in [-0.4, -0.2) is 28.0 Å². The van der Waals surface area contributed by atoms with Crippen LogP contribution in [0.4, 0.5) is 0 Å². The summed E-state index contributed by atoms with van der Waals surface area (Å²) in [5.41, 5.74) is 1.77. The van der Waals surface area contributed by atoms with Crippen LogP contribution in [0.15, 0.2) is 30.6 Å². The smallest absolute Gasteiger partial charge is 0.337 e. The van der Waals surface area contributed by atoms with E-state index < -0.39 is 5.97 Å². The first kappa shape index (κ1) is 13.1. The number of aromatic hydroxyl groups is 1. The average molecular weight is 260 g/mol. The van der Waals surface area contributed by atoms with Gasteiger partial charge in [-0.25, -0.2) is 4.79 Å².